The minimum absolute atomic E-state index is 0. The van der Waals surface area contributed by atoms with Gasteiger partial charge in [0.05, 0.1) is 9.79 Å². The van der Waals surface area contributed by atoms with Crippen molar-refractivity contribution >= 4 is 58.0 Å². The molecule has 0 heterocycles. The maximum absolute atomic E-state index is 11.5. The predicted molar refractivity (Wildman–Crippen MR) is 186 cm³/mol. The average molecular weight is 739 g/mol. The number of rotatable bonds is 16. The summed E-state index contributed by atoms with van der Waals surface area (Å²) in [5.74, 6) is 1.95. The van der Waals surface area contributed by atoms with E-state index in [1.165, 1.54) is 48.5 Å². The van der Waals surface area contributed by atoms with Gasteiger partial charge in [0, 0.05) is 0 Å². The largest absolute Gasteiger partial charge is 2.00 e. The van der Waals surface area contributed by atoms with E-state index in [2.05, 4.69) is 13.8 Å². The van der Waals surface area contributed by atoms with E-state index in [0.717, 1.165) is 51.4 Å². The minimum Gasteiger partial charge on any atom is -0.872 e. The number of aryl methyl sites for hydroxylation is 2. The van der Waals surface area contributed by atoms with Crippen molar-refractivity contribution < 1.29 is 45.6 Å². The summed E-state index contributed by atoms with van der Waals surface area (Å²) in [5, 5.41) is 20.4. The summed E-state index contributed by atoms with van der Waals surface area (Å²) in [5.41, 5.74) is 1.02. The number of ether oxygens (including phenoxy) is 2. The van der Waals surface area contributed by atoms with Crippen molar-refractivity contribution in [1.82, 2.24) is 0 Å². The number of hydrogen-bond acceptors (Lipinski definition) is 9. The van der Waals surface area contributed by atoms with Crippen molar-refractivity contribution in [2.45, 2.75) is 87.8 Å². The third-order valence-corrected chi connectivity index (χ3v) is 9.23. The molecule has 4 aromatic carbocycles. The van der Waals surface area contributed by atoms with Gasteiger partial charge in [-0.1, -0.05) is 64.5 Å². The van der Waals surface area contributed by atoms with E-state index in [0.29, 0.717) is 47.0 Å². The third-order valence-electron chi connectivity index (χ3n) is 7.34. The Kier molecular flexibility index (Phi) is 17.9. The molecule has 49 heavy (non-hydrogen) atoms. The molecule has 0 atom stereocenters. The summed E-state index contributed by atoms with van der Waals surface area (Å²) >= 11 is 0. The molecule has 0 aromatic heterocycles. The van der Waals surface area contributed by atoms with Crippen LogP contribution in [0.15, 0.2) is 94.7 Å². The van der Waals surface area contributed by atoms with Crippen molar-refractivity contribution in [3.8, 4) is 34.5 Å². The van der Waals surface area contributed by atoms with Crippen LogP contribution in [0.2, 0.25) is 0 Å². The zero-order valence-corrected chi connectivity index (χ0v) is 31.7. The number of phenols is 1. The number of aromatic hydroxyl groups is 1. The summed E-state index contributed by atoms with van der Waals surface area (Å²) in [6.07, 6.45) is 9.03. The average Bonchev–Trinajstić information content (AvgIpc) is 3.03. The first-order valence-electron chi connectivity index (χ1n) is 15.9. The van der Waals surface area contributed by atoms with Crippen molar-refractivity contribution in [2.24, 2.45) is 0 Å². The van der Waals surface area contributed by atoms with Crippen LogP contribution in [0.5, 0.6) is 34.5 Å². The smallest absolute Gasteiger partial charge is 0.872 e. The van der Waals surface area contributed by atoms with E-state index < -0.39 is 20.2 Å². The summed E-state index contributed by atoms with van der Waals surface area (Å²) in [4.78, 5) is -0.265. The van der Waals surface area contributed by atoms with E-state index in [4.69, 9.17) is 9.47 Å². The van der Waals surface area contributed by atoms with Gasteiger partial charge in [0.15, 0.2) is 0 Å². The molecule has 10 nitrogen and oxygen atoms in total. The first-order valence-corrected chi connectivity index (χ1v) is 18.8. The van der Waals surface area contributed by atoms with E-state index in [1.54, 1.807) is 36.4 Å². The number of unbranched alkanes of at least 4 members (excludes halogenated alkanes) is 6. The van der Waals surface area contributed by atoms with E-state index >= 15 is 0 Å². The second kappa shape index (κ2) is 20.7. The van der Waals surface area contributed by atoms with E-state index in [-0.39, 0.29) is 59.0 Å². The van der Waals surface area contributed by atoms with E-state index in [1.807, 2.05) is 0 Å². The quantitative estimate of drug-likeness (QED) is 0.0657. The topological polar surface area (TPSA) is 173 Å². The Bertz CT molecular complexity index is 1680. The Morgan fingerprint density at radius 1 is 0.592 bits per heavy atom. The zero-order valence-electron chi connectivity index (χ0n) is 27.8. The maximum atomic E-state index is 11.5. The third kappa shape index (κ3) is 14.9. The monoisotopic (exact) mass is 738 g/mol. The summed E-state index contributed by atoms with van der Waals surface area (Å²) in [6, 6.07) is 20.9. The minimum atomic E-state index is -4.52. The zero-order chi connectivity index (χ0) is 35.2. The van der Waals surface area contributed by atoms with Crippen LogP contribution < -0.4 is 14.6 Å². The molecule has 2 N–H and O–H groups in total. The molecule has 260 valence electrons. The van der Waals surface area contributed by atoms with Gasteiger partial charge < -0.3 is 24.2 Å². The van der Waals surface area contributed by atoms with Crippen molar-refractivity contribution in [3.05, 3.63) is 96.1 Å². The summed E-state index contributed by atoms with van der Waals surface area (Å²) < 4.78 is 78.0. The first kappa shape index (κ1) is 42.3. The Balaban J connectivity index is 0.000000333. The van der Waals surface area contributed by atoms with Gasteiger partial charge in [-0.05, 0) is 110 Å². The Morgan fingerprint density at radius 2 is 1.00 bits per heavy atom. The standard InChI is InChI=1S/2C18H22O5S.Ca/c2*1-2-3-4-5-6-14-13-17(11-12-18(14)24(20,21)22)23-16-9-7-15(19)8-10-16;/h2*7-13,19H,2-6H2,1H3,(H,20,21,22);/q;;+2/p-2. The van der Waals surface area contributed by atoms with Crippen LogP contribution in [0.1, 0.15) is 76.3 Å². The second-order valence-corrected chi connectivity index (χ2v) is 14.0. The number of benzene rings is 4. The molecule has 0 unspecified atom stereocenters. The molecule has 0 fully saturated rings. The first-order chi connectivity index (χ1) is 22.8. The Labute approximate surface area is 319 Å². The maximum Gasteiger partial charge on any atom is 2.00 e. The fraction of sp³-hybridized carbons (Fsp3) is 0.333. The molecule has 0 saturated carbocycles. The Morgan fingerprint density at radius 3 is 1.43 bits per heavy atom. The van der Waals surface area contributed by atoms with Crippen LogP contribution in [0.25, 0.3) is 0 Å². The molecule has 0 aliphatic carbocycles. The van der Waals surface area contributed by atoms with Gasteiger partial charge in [0.1, 0.15) is 38.9 Å². The predicted octanol–water partition coefficient (Wildman–Crippen LogP) is 7.75. The normalized spacial score (nSPS) is 11.2. The van der Waals surface area contributed by atoms with Crippen molar-refractivity contribution in [3.63, 3.8) is 0 Å². The van der Waals surface area contributed by atoms with E-state index in [9.17, 15) is 36.2 Å². The molecule has 13 heteroatoms. The van der Waals surface area contributed by atoms with Crippen LogP contribution in [0.3, 0.4) is 0 Å². The molecular formula is C36H42CaO10S2. The summed E-state index contributed by atoms with van der Waals surface area (Å²) in [6.45, 7) is 4.20. The van der Waals surface area contributed by atoms with Gasteiger partial charge in [-0.15, -0.1) is 5.75 Å². The van der Waals surface area contributed by atoms with Crippen LogP contribution >= 0.6 is 0 Å². The SMILES string of the molecule is CCCCCCc1cc(Oc2ccc(O)cc2)ccc1S(=O)(=O)O.CCCCCCc1cc(Oc2ccc([O-])cc2)ccc1S(=O)(=O)[O-].[Ca+2]. The molecule has 0 aliphatic heterocycles. The van der Waals surface area contributed by atoms with Gasteiger partial charge in [0.25, 0.3) is 10.1 Å². The molecule has 0 spiro atoms. The van der Waals surface area contributed by atoms with Crippen LogP contribution in [-0.2, 0) is 33.1 Å². The van der Waals surface area contributed by atoms with Gasteiger partial charge in [-0.3, -0.25) is 4.55 Å². The van der Waals surface area contributed by atoms with Gasteiger partial charge in [0.2, 0.25) is 0 Å². The second-order valence-electron chi connectivity index (χ2n) is 11.3. The molecule has 0 saturated heterocycles. The van der Waals surface area contributed by atoms with Crippen LogP contribution in [-0.4, -0.2) is 68.8 Å². The molecule has 0 amide bonds. The van der Waals surface area contributed by atoms with Gasteiger partial charge >= 0.3 is 37.7 Å². The van der Waals surface area contributed by atoms with Gasteiger partial charge in [-0.25, -0.2) is 8.42 Å². The van der Waals surface area contributed by atoms with Crippen molar-refractivity contribution in [1.29, 1.82) is 0 Å². The Hall–Kier alpha value is -2.84. The fourth-order valence-corrected chi connectivity index (χ4v) is 6.35. The van der Waals surface area contributed by atoms with Crippen molar-refractivity contribution in [2.75, 3.05) is 0 Å². The summed E-state index contributed by atoms with van der Waals surface area (Å²) in [7, 11) is -8.78. The van der Waals surface area contributed by atoms with Gasteiger partial charge in [-0.2, -0.15) is 8.42 Å². The molecule has 4 rings (SSSR count). The molecular weight excluding hydrogens is 697 g/mol. The molecule has 0 bridgehead atoms. The fourth-order valence-electron chi connectivity index (χ4n) is 4.90. The van der Waals surface area contributed by atoms with Crippen LogP contribution in [0.4, 0.5) is 0 Å². The molecule has 0 aliphatic rings. The molecule has 4 aromatic rings. The van der Waals surface area contributed by atoms with Crippen LogP contribution in [0, 0.1) is 0 Å². The molecule has 0 radical (unpaired) electrons. The number of hydrogen-bond donors (Lipinski definition) is 2. The number of phenolic OH excluding ortho intramolecular Hbond substituents is 1.